The fourth-order valence-corrected chi connectivity index (χ4v) is 2.53. The number of anilines is 1. The SMILES string of the molecule is CNc1cc(Br)cc2c1CCN(C)C2. The summed E-state index contributed by atoms with van der Waals surface area (Å²) in [5.74, 6) is 0. The van der Waals surface area contributed by atoms with Crippen molar-refractivity contribution in [2.75, 3.05) is 26.0 Å². The van der Waals surface area contributed by atoms with E-state index in [9.17, 15) is 0 Å². The zero-order chi connectivity index (χ0) is 10.1. The molecular formula is C11H15BrN2. The molecule has 1 aliphatic rings. The first kappa shape index (κ1) is 9.99. The first-order valence-electron chi connectivity index (χ1n) is 4.88. The van der Waals surface area contributed by atoms with Crippen molar-refractivity contribution in [3.63, 3.8) is 0 Å². The zero-order valence-corrected chi connectivity index (χ0v) is 10.2. The van der Waals surface area contributed by atoms with Crippen LogP contribution in [-0.2, 0) is 13.0 Å². The van der Waals surface area contributed by atoms with E-state index in [1.807, 2.05) is 7.05 Å². The van der Waals surface area contributed by atoms with Crippen molar-refractivity contribution in [2.24, 2.45) is 0 Å². The average molecular weight is 255 g/mol. The minimum atomic E-state index is 1.06. The van der Waals surface area contributed by atoms with Crippen molar-refractivity contribution in [1.82, 2.24) is 4.90 Å². The highest BCUT2D eigenvalue weighted by Gasteiger charge is 2.16. The standard InChI is InChI=1S/C11H15BrN2/c1-13-11-6-9(12)5-8-7-14(2)4-3-10(8)11/h5-6,13H,3-4,7H2,1-2H3. The van der Waals surface area contributed by atoms with Gasteiger partial charge in [0.15, 0.2) is 0 Å². The minimum Gasteiger partial charge on any atom is -0.388 e. The number of benzene rings is 1. The van der Waals surface area contributed by atoms with Crippen LogP contribution in [0.5, 0.6) is 0 Å². The number of hydrogen-bond acceptors (Lipinski definition) is 2. The Labute approximate surface area is 93.4 Å². The largest absolute Gasteiger partial charge is 0.388 e. The van der Waals surface area contributed by atoms with E-state index >= 15 is 0 Å². The van der Waals surface area contributed by atoms with Crippen molar-refractivity contribution in [3.8, 4) is 0 Å². The molecule has 0 aliphatic carbocycles. The average Bonchev–Trinajstić information content (AvgIpc) is 2.15. The molecular weight excluding hydrogens is 240 g/mol. The van der Waals surface area contributed by atoms with Crippen LogP contribution in [0.4, 0.5) is 5.69 Å². The summed E-state index contributed by atoms with van der Waals surface area (Å²) in [6.07, 6.45) is 1.15. The van der Waals surface area contributed by atoms with Gasteiger partial charge in [0.2, 0.25) is 0 Å². The van der Waals surface area contributed by atoms with Crippen LogP contribution in [0.2, 0.25) is 0 Å². The number of nitrogens with zero attached hydrogens (tertiary/aromatic N) is 1. The molecule has 0 atom stereocenters. The Balaban J connectivity index is 2.46. The van der Waals surface area contributed by atoms with E-state index in [1.165, 1.54) is 16.8 Å². The highest BCUT2D eigenvalue weighted by atomic mass is 79.9. The van der Waals surface area contributed by atoms with Gasteiger partial charge in [-0.1, -0.05) is 15.9 Å². The van der Waals surface area contributed by atoms with Gasteiger partial charge in [0.05, 0.1) is 0 Å². The number of fused-ring (bicyclic) bond motifs is 1. The van der Waals surface area contributed by atoms with E-state index in [2.05, 4.69) is 45.3 Å². The summed E-state index contributed by atoms with van der Waals surface area (Å²) < 4.78 is 1.16. The van der Waals surface area contributed by atoms with Crippen molar-refractivity contribution >= 4 is 21.6 Å². The fourth-order valence-electron chi connectivity index (χ4n) is 2.03. The third-order valence-corrected chi connectivity index (χ3v) is 3.22. The molecule has 2 nitrogen and oxygen atoms in total. The van der Waals surface area contributed by atoms with Gasteiger partial charge in [0.25, 0.3) is 0 Å². The summed E-state index contributed by atoms with van der Waals surface area (Å²) in [6, 6.07) is 4.38. The van der Waals surface area contributed by atoms with Crippen molar-refractivity contribution in [1.29, 1.82) is 0 Å². The number of nitrogens with one attached hydrogen (secondary N) is 1. The van der Waals surface area contributed by atoms with Gasteiger partial charge < -0.3 is 10.2 Å². The van der Waals surface area contributed by atoms with E-state index < -0.39 is 0 Å². The van der Waals surface area contributed by atoms with Crippen LogP contribution in [0.25, 0.3) is 0 Å². The second-order valence-electron chi connectivity index (χ2n) is 3.83. The third kappa shape index (κ3) is 1.79. The molecule has 1 aromatic rings. The number of likely N-dealkylation sites (N-methyl/N-ethyl adjacent to an activating group) is 1. The van der Waals surface area contributed by atoms with Crippen LogP contribution < -0.4 is 5.32 Å². The Morgan fingerprint density at radius 2 is 2.21 bits per heavy atom. The lowest BCUT2D eigenvalue weighted by atomic mass is 9.98. The molecule has 0 spiro atoms. The lowest BCUT2D eigenvalue weighted by Gasteiger charge is -2.27. The molecule has 0 saturated carbocycles. The first-order chi connectivity index (χ1) is 6.70. The predicted octanol–water partition coefficient (Wildman–Crippen LogP) is 2.48. The van der Waals surface area contributed by atoms with Gasteiger partial charge in [-0.2, -0.15) is 0 Å². The van der Waals surface area contributed by atoms with Gasteiger partial charge in [-0.15, -0.1) is 0 Å². The topological polar surface area (TPSA) is 15.3 Å². The van der Waals surface area contributed by atoms with E-state index in [1.54, 1.807) is 0 Å². The molecule has 1 aromatic carbocycles. The highest BCUT2D eigenvalue weighted by molar-refractivity contribution is 9.10. The Morgan fingerprint density at radius 3 is 2.93 bits per heavy atom. The molecule has 1 aliphatic heterocycles. The zero-order valence-electron chi connectivity index (χ0n) is 8.60. The molecule has 14 heavy (non-hydrogen) atoms. The molecule has 0 fully saturated rings. The van der Waals surface area contributed by atoms with Crippen LogP contribution in [-0.4, -0.2) is 25.5 Å². The lowest BCUT2D eigenvalue weighted by molar-refractivity contribution is 0.313. The quantitative estimate of drug-likeness (QED) is 0.829. The molecule has 0 aromatic heterocycles. The molecule has 3 heteroatoms. The predicted molar refractivity (Wildman–Crippen MR) is 63.7 cm³/mol. The molecule has 76 valence electrons. The maximum Gasteiger partial charge on any atom is 0.0385 e. The van der Waals surface area contributed by atoms with Gasteiger partial charge in [0, 0.05) is 30.3 Å². The molecule has 1 N–H and O–H groups in total. The molecule has 0 amide bonds. The third-order valence-electron chi connectivity index (χ3n) is 2.76. The minimum absolute atomic E-state index is 1.06. The molecule has 2 rings (SSSR count). The maximum atomic E-state index is 3.54. The molecule has 0 radical (unpaired) electrons. The number of rotatable bonds is 1. The summed E-state index contributed by atoms with van der Waals surface area (Å²) in [4.78, 5) is 2.36. The number of halogens is 1. The van der Waals surface area contributed by atoms with Crippen LogP contribution >= 0.6 is 15.9 Å². The van der Waals surface area contributed by atoms with Gasteiger partial charge in [0.1, 0.15) is 0 Å². The normalized spacial score (nSPS) is 16.5. The van der Waals surface area contributed by atoms with E-state index in [0.29, 0.717) is 0 Å². The Bertz CT molecular complexity index is 349. The lowest BCUT2D eigenvalue weighted by Crippen LogP contribution is -2.27. The second-order valence-corrected chi connectivity index (χ2v) is 4.74. The summed E-state index contributed by atoms with van der Waals surface area (Å²) >= 11 is 3.54. The van der Waals surface area contributed by atoms with E-state index in [4.69, 9.17) is 0 Å². The maximum absolute atomic E-state index is 3.54. The Hall–Kier alpha value is -0.540. The second kappa shape index (κ2) is 3.91. The molecule has 0 saturated heterocycles. The van der Waals surface area contributed by atoms with E-state index in [-0.39, 0.29) is 0 Å². The summed E-state index contributed by atoms with van der Waals surface area (Å²) in [6.45, 7) is 2.22. The van der Waals surface area contributed by atoms with Gasteiger partial charge in [-0.3, -0.25) is 0 Å². The van der Waals surface area contributed by atoms with Crippen LogP contribution in [0.1, 0.15) is 11.1 Å². The molecule has 1 heterocycles. The van der Waals surface area contributed by atoms with Crippen molar-refractivity contribution in [2.45, 2.75) is 13.0 Å². The summed E-state index contributed by atoms with van der Waals surface area (Å²) in [7, 11) is 4.16. The first-order valence-corrected chi connectivity index (χ1v) is 5.67. The van der Waals surface area contributed by atoms with Crippen LogP contribution in [0.3, 0.4) is 0 Å². The van der Waals surface area contributed by atoms with Crippen molar-refractivity contribution < 1.29 is 0 Å². The van der Waals surface area contributed by atoms with Crippen LogP contribution in [0, 0.1) is 0 Å². The van der Waals surface area contributed by atoms with Gasteiger partial charge in [-0.05, 0) is 36.7 Å². The van der Waals surface area contributed by atoms with Gasteiger partial charge in [-0.25, -0.2) is 0 Å². The monoisotopic (exact) mass is 254 g/mol. The molecule has 0 unspecified atom stereocenters. The smallest absolute Gasteiger partial charge is 0.0385 e. The Morgan fingerprint density at radius 1 is 1.43 bits per heavy atom. The Kier molecular flexibility index (Phi) is 2.79. The summed E-state index contributed by atoms with van der Waals surface area (Å²) in [5, 5.41) is 3.26. The fraction of sp³-hybridized carbons (Fsp3) is 0.455. The number of hydrogen-bond donors (Lipinski definition) is 1. The van der Waals surface area contributed by atoms with Crippen LogP contribution in [0.15, 0.2) is 16.6 Å². The van der Waals surface area contributed by atoms with Crippen molar-refractivity contribution in [3.05, 3.63) is 27.7 Å². The highest BCUT2D eigenvalue weighted by Crippen LogP contribution is 2.29. The molecule has 0 bridgehead atoms. The summed E-state index contributed by atoms with van der Waals surface area (Å²) in [5.41, 5.74) is 4.19. The van der Waals surface area contributed by atoms with E-state index in [0.717, 1.165) is 24.0 Å². The van der Waals surface area contributed by atoms with Gasteiger partial charge >= 0.3 is 0 Å².